The number of fused-ring (bicyclic) bond motifs is 1. The van der Waals surface area contributed by atoms with E-state index < -0.39 is 0 Å². The van der Waals surface area contributed by atoms with Gasteiger partial charge in [-0.25, -0.2) is 0 Å². The number of nitrogen functional groups attached to an aromatic ring is 1. The van der Waals surface area contributed by atoms with Crippen molar-refractivity contribution in [3.8, 4) is 0 Å². The Kier molecular flexibility index (Phi) is 3.16. The minimum absolute atomic E-state index is 0.827. The van der Waals surface area contributed by atoms with Crippen molar-refractivity contribution in [2.75, 3.05) is 17.2 Å². The lowest BCUT2D eigenvalue weighted by atomic mass is 10.0. The van der Waals surface area contributed by atoms with Gasteiger partial charge in [-0.2, -0.15) is 0 Å². The molecule has 18 heavy (non-hydrogen) atoms. The van der Waals surface area contributed by atoms with E-state index in [-0.39, 0.29) is 0 Å². The van der Waals surface area contributed by atoms with Gasteiger partial charge in [-0.05, 0) is 65.3 Å². The number of nitrogens with two attached hydrogens (primary N) is 1. The van der Waals surface area contributed by atoms with Gasteiger partial charge in [-0.3, -0.25) is 0 Å². The maximum atomic E-state index is 5.83. The molecule has 2 nitrogen and oxygen atoms in total. The second-order valence-corrected chi connectivity index (χ2v) is 5.76. The standard InChI is InChI=1S/C15H15IN2/c16-13-10-12(17)7-8-15(13)18-9-3-5-11-4-1-2-6-14(11)18/h1-2,4,6-8,10H,3,5,9,17H2. The molecule has 1 aliphatic rings. The summed E-state index contributed by atoms with van der Waals surface area (Å²) in [6.45, 7) is 1.08. The summed E-state index contributed by atoms with van der Waals surface area (Å²) in [5, 5.41) is 0. The third-order valence-corrected chi connectivity index (χ3v) is 4.24. The lowest BCUT2D eigenvalue weighted by Gasteiger charge is -2.32. The van der Waals surface area contributed by atoms with Crippen molar-refractivity contribution in [2.45, 2.75) is 12.8 Å². The number of halogens is 1. The van der Waals surface area contributed by atoms with E-state index in [2.05, 4.69) is 57.8 Å². The van der Waals surface area contributed by atoms with Crippen molar-refractivity contribution in [1.29, 1.82) is 0 Å². The summed E-state index contributed by atoms with van der Waals surface area (Å²) in [6.07, 6.45) is 2.38. The molecule has 0 bridgehead atoms. The monoisotopic (exact) mass is 350 g/mol. The molecule has 0 aliphatic carbocycles. The second-order valence-electron chi connectivity index (χ2n) is 4.59. The molecule has 0 aromatic heterocycles. The maximum Gasteiger partial charge on any atom is 0.0547 e. The van der Waals surface area contributed by atoms with Crippen LogP contribution in [0.15, 0.2) is 42.5 Å². The highest BCUT2D eigenvalue weighted by molar-refractivity contribution is 14.1. The van der Waals surface area contributed by atoms with Crippen LogP contribution in [0.3, 0.4) is 0 Å². The number of aryl methyl sites for hydroxylation is 1. The molecule has 92 valence electrons. The number of nitrogens with zero attached hydrogens (tertiary/aromatic N) is 1. The number of hydrogen-bond acceptors (Lipinski definition) is 2. The van der Waals surface area contributed by atoms with Crippen molar-refractivity contribution >= 4 is 39.7 Å². The fourth-order valence-electron chi connectivity index (χ4n) is 2.53. The predicted octanol–water partition coefficient (Wildman–Crippen LogP) is 3.96. The molecule has 0 spiro atoms. The SMILES string of the molecule is Nc1ccc(N2CCCc3ccccc32)c(I)c1. The average molecular weight is 350 g/mol. The molecule has 3 rings (SSSR count). The molecule has 1 heterocycles. The first-order valence-corrected chi connectivity index (χ1v) is 7.24. The summed E-state index contributed by atoms with van der Waals surface area (Å²) in [7, 11) is 0. The van der Waals surface area contributed by atoms with Gasteiger partial charge in [0.25, 0.3) is 0 Å². The van der Waals surface area contributed by atoms with E-state index in [1.54, 1.807) is 0 Å². The Labute approximate surface area is 121 Å². The van der Waals surface area contributed by atoms with Crippen LogP contribution in [0.1, 0.15) is 12.0 Å². The van der Waals surface area contributed by atoms with Crippen LogP contribution in [-0.2, 0) is 6.42 Å². The number of hydrogen-bond donors (Lipinski definition) is 1. The van der Waals surface area contributed by atoms with Crippen molar-refractivity contribution in [1.82, 2.24) is 0 Å². The van der Waals surface area contributed by atoms with Crippen LogP contribution in [0, 0.1) is 3.57 Å². The van der Waals surface area contributed by atoms with Crippen molar-refractivity contribution in [2.24, 2.45) is 0 Å². The van der Waals surface area contributed by atoms with Gasteiger partial charge in [0, 0.05) is 21.5 Å². The molecule has 0 fully saturated rings. The van der Waals surface area contributed by atoms with Gasteiger partial charge in [0.15, 0.2) is 0 Å². The van der Waals surface area contributed by atoms with Crippen molar-refractivity contribution in [3.05, 3.63) is 51.6 Å². The molecule has 2 aromatic carbocycles. The molecule has 0 atom stereocenters. The van der Waals surface area contributed by atoms with E-state index in [9.17, 15) is 0 Å². The lowest BCUT2D eigenvalue weighted by Crippen LogP contribution is -2.25. The average Bonchev–Trinajstić information content (AvgIpc) is 2.38. The van der Waals surface area contributed by atoms with E-state index in [0.29, 0.717) is 0 Å². The molecule has 0 unspecified atom stereocenters. The van der Waals surface area contributed by atoms with Crippen LogP contribution in [0.5, 0.6) is 0 Å². The lowest BCUT2D eigenvalue weighted by molar-refractivity contribution is 0.766. The van der Waals surface area contributed by atoms with Gasteiger partial charge >= 0.3 is 0 Å². The molecule has 3 heteroatoms. The van der Waals surface area contributed by atoms with Crippen molar-refractivity contribution < 1.29 is 0 Å². The Morgan fingerprint density at radius 2 is 1.89 bits per heavy atom. The maximum absolute atomic E-state index is 5.83. The highest BCUT2D eigenvalue weighted by Gasteiger charge is 2.19. The van der Waals surface area contributed by atoms with Crippen LogP contribution in [0.25, 0.3) is 0 Å². The zero-order valence-electron chi connectivity index (χ0n) is 10.1. The molecule has 1 aliphatic heterocycles. The quantitative estimate of drug-likeness (QED) is 0.623. The van der Waals surface area contributed by atoms with Gasteiger partial charge in [-0.15, -0.1) is 0 Å². The summed E-state index contributed by atoms with van der Waals surface area (Å²) in [6, 6.07) is 14.8. The first-order valence-electron chi connectivity index (χ1n) is 6.16. The van der Waals surface area contributed by atoms with Crippen LogP contribution < -0.4 is 10.6 Å². The smallest absolute Gasteiger partial charge is 0.0547 e. The van der Waals surface area contributed by atoms with Gasteiger partial charge in [-0.1, -0.05) is 18.2 Å². The molecular weight excluding hydrogens is 335 g/mol. The molecular formula is C15H15IN2. The fraction of sp³-hybridized carbons (Fsp3) is 0.200. The third-order valence-electron chi connectivity index (χ3n) is 3.37. The number of anilines is 3. The normalized spacial score (nSPS) is 14.4. The minimum atomic E-state index is 0.827. The summed E-state index contributed by atoms with van der Waals surface area (Å²) in [5.41, 5.74) is 10.7. The zero-order valence-corrected chi connectivity index (χ0v) is 12.2. The molecule has 2 aromatic rings. The van der Waals surface area contributed by atoms with Gasteiger partial charge < -0.3 is 10.6 Å². The second kappa shape index (κ2) is 4.80. The third kappa shape index (κ3) is 2.07. The first-order chi connectivity index (χ1) is 8.75. The predicted molar refractivity (Wildman–Crippen MR) is 85.3 cm³/mol. The van der Waals surface area contributed by atoms with Crippen LogP contribution >= 0.6 is 22.6 Å². The van der Waals surface area contributed by atoms with Gasteiger partial charge in [0.05, 0.1) is 5.69 Å². The van der Waals surface area contributed by atoms with Crippen LogP contribution in [0.4, 0.5) is 17.1 Å². The van der Waals surface area contributed by atoms with E-state index >= 15 is 0 Å². The largest absolute Gasteiger partial charge is 0.399 e. The summed E-state index contributed by atoms with van der Waals surface area (Å²) >= 11 is 2.37. The van der Waals surface area contributed by atoms with Gasteiger partial charge in [0.1, 0.15) is 0 Å². The summed E-state index contributed by atoms with van der Waals surface area (Å²) in [5.74, 6) is 0. The fourth-order valence-corrected chi connectivity index (χ4v) is 3.36. The minimum Gasteiger partial charge on any atom is -0.399 e. The molecule has 0 radical (unpaired) electrons. The Morgan fingerprint density at radius 1 is 1.06 bits per heavy atom. The van der Waals surface area contributed by atoms with E-state index in [1.165, 1.54) is 33.4 Å². The molecule has 0 saturated heterocycles. The van der Waals surface area contributed by atoms with Crippen molar-refractivity contribution in [3.63, 3.8) is 0 Å². The highest BCUT2D eigenvalue weighted by atomic mass is 127. The molecule has 0 saturated carbocycles. The molecule has 0 amide bonds. The topological polar surface area (TPSA) is 29.3 Å². The number of benzene rings is 2. The Hall–Kier alpha value is -1.23. The zero-order chi connectivity index (χ0) is 12.5. The first kappa shape index (κ1) is 11.8. The highest BCUT2D eigenvalue weighted by Crippen LogP contribution is 2.36. The number of para-hydroxylation sites is 1. The summed E-state index contributed by atoms with van der Waals surface area (Å²) < 4.78 is 1.21. The Morgan fingerprint density at radius 3 is 2.72 bits per heavy atom. The van der Waals surface area contributed by atoms with Gasteiger partial charge in [0.2, 0.25) is 0 Å². The Bertz CT molecular complexity index is 580. The Balaban J connectivity index is 2.08. The van der Waals surface area contributed by atoms with Crippen LogP contribution in [-0.4, -0.2) is 6.54 Å². The van der Waals surface area contributed by atoms with Crippen LogP contribution in [0.2, 0.25) is 0 Å². The summed E-state index contributed by atoms with van der Waals surface area (Å²) in [4.78, 5) is 2.40. The van der Waals surface area contributed by atoms with E-state index in [0.717, 1.165) is 12.2 Å². The molecule has 2 N–H and O–H groups in total. The number of rotatable bonds is 1. The van der Waals surface area contributed by atoms with E-state index in [1.807, 2.05) is 12.1 Å². The van der Waals surface area contributed by atoms with E-state index in [4.69, 9.17) is 5.73 Å².